The average molecular weight is 201 g/mol. The zero-order valence-electron chi connectivity index (χ0n) is 8.04. The van der Waals surface area contributed by atoms with Crippen LogP contribution in [0.25, 0.3) is 0 Å². The third-order valence-electron chi connectivity index (χ3n) is 1.54. The van der Waals surface area contributed by atoms with E-state index in [4.69, 9.17) is 16.3 Å². The fraction of sp³-hybridized carbons (Fsp3) is 0.556. The number of hydrogen-bond donors (Lipinski definition) is 0. The Morgan fingerprint density at radius 1 is 1.54 bits per heavy atom. The zero-order chi connectivity index (χ0) is 9.84. The summed E-state index contributed by atoms with van der Waals surface area (Å²) in [5, 5.41) is 0. The Bertz CT molecular complexity index is 289. The molecule has 0 amide bonds. The van der Waals surface area contributed by atoms with E-state index in [0.717, 1.165) is 11.3 Å². The van der Waals surface area contributed by atoms with Crippen LogP contribution in [-0.4, -0.2) is 16.1 Å². The van der Waals surface area contributed by atoms with Crippen LogP contribution in [0, 0.1) is 6.92 Å². The molecule has 1 aromatic heterocycles. The third kappa shape index (κ3) is 2.84. The van der Waals surface area contributed by atoms with E-state index in [2.05, 4.69) is 9.97 Å². The van der Waals surface area contributed by atoms with Gasteiger partial charge in [0.2, 0.25) is 0 Å². The van der Waals surface area contributed by atoms with Gasteiger partial charge in [-0.05, 0) is 20.8 Å². The Hall–Kier alpha value is -0.830. The van der Waals surface area contributed by atoms with Gasteiger partial charge in [-0.3, -0.25) is 0 Å². The van der Waals surface area contributed by atoms with Crippen LogP contribution in [0.4, 0.5) is 0 Å². The number of halogens is 1. The van der Waals surface area contributed by atoms with Gasteiger partial charge in [-0.2, -0.15) is 0 Å². The van der Waals surface area contributed by atoms with Crippen LogP contribution >= 0.6 is 11.6 Å². The van der Waals surface area contributed by atoms with E-state index < -0.39 is 0 Å². The van der Waals surface area contributed by atoms with Crippen molar-refractivity contribution in [2.24, 2.45) is 0 Å². The molecule has 0 atom stereocenters. The van der Waals surface area contributed by atoms with Crippen LogP contribution in [0.15, 0.2) is 6.20 Å². The van der Waals surface area contributed by atoms with Crippen molar-refractivity contribution >= 4 is 11.6 Å². The first kappa shape index (κ1) is 10.3. The molecule has 0 bridgehead atoms. The first-order valence-corrected chi connectivity index (χ1v) is 4.72. The summed E-state index contributed by atoms with van der Waals surface area (Å²) >= 11 is 5.67. The van der Waals surface area contributed by atoms with Crippen molar-refractivity contribution in [2.75, 3.05) is 0 Å². The lowest BCUT2D eigenvalue weighted by Gasteiger charge is -2.08. The second-order valence-corrected chi connectivity index (χ2v) is 3.33. The molecule has 13 heavy (non-hydrogen) atoms. The van der Waals surface area contributed by atoms with Crippen molar-refractivity contribution < 1.29 is 4.74 Å². The highest BCUT2D eigenvalue weighted by Crippen LogP contribution is 2.11. The molecule has 72 valence electrons. The van der Waals surface area contributed by atoms with Gasteiger partial charge in [-0.15, -0.1) is 11.6 Å². The molecule has 0 N–H and O–H groups in total. The lowest BCUT2D eigenvalue weighted by molar-refractivity contribution is 0.221. The Labute approximate surface area is 83.1 Å². The van der Waals surface area contributed by atoms with Gasteiger partial charge in [0.1, 0.15) is 0 Å². The Balaban J connectivity index is 2.83. The molecule has 0 aliphatic carbocycles. The molecule has 1 aromatic rings. The monoisotopic (exact) mass is 200 g/mol. The minimum atomic E-state index is 0.0984. The maximum absolute atomic E-state index is 5.67. The summed E-state index contributed by atoms with van der Waals surface area (Å²) in [7, 11) is 0. The van der Waals surface area contributed by atoms with E-state index in [0.29, 0.717) is 11.9 Å². The minimum absolute atomic E-state index is 0.0984. The maximum atomic E-state index is 5.67. The zero-order valence-corrected chi connectivity index (χ0v) is 8.80. The lowest BCUT2D eigenvalue weighted by atomic mass is 10.3. The van der Waals surface area contributed by atoms with E-state index in [1.54, 1.807) is 6.20 Å². The van der Waals surface area contributed by atoms with Crippen molar-refractivity contribution in [3.63, 3.8) is 0 Å². The molecule has 0 unspecified atom stereocenters. The summed E-state index contributed by atoms with van der Waals surface area (Å²) < 4.78 is 5.33. The highest BCUT2D eigenvalue weighted by Gasteiger charge is 2.04. The predicted molar refractivity (Wildman–Crippen MR) is 52.1 cm³/mol. The second-order valence-electron chi connectivity index (χ2n) is 3.06. The Morgan fingerprint density at radius 2 is 2.23 bits per heavy atom. The molecule has 0 aromatic carbocycles. The Kier molecular flexibility index (Phi) is 3.48. The third-order valence-corrected chi connectivity index (χ3v) is 1.83. The lowest BCUT2D eigenvalue weighted by Crippen LogP contribution is -2.09. The van der Waals surface area contributed by atoms with Gasteiger partial charge in [0, 0.05) is 17.5 Å². The maximum Gasteiger partial charge on any atom is 0.316 e. The van der Waals surface area contributed by atoms with Crippen LogP contribution in [0.3, 0.4) is 0 Å². The number of aromatic nitrogens is 2. The smallest absolute Gasteiger partial charge is 0.316 e. The Morgan fingerprint density at radius 3 is 2.69 bits per heavy atom. The first-order valence-electron chi connectivity index (χ1n) is 4.18. The van der Waals surface area contributed by atoms with E-state index >= 15 is 0 Å². The molecule has 0 aliphatic rings. The SMILES string of the molecule is Cc1nc(OC(C)C)ncc1CCl. The van der Waals surface area contributed by atoms with Gasteiger partial charge >= 0.3 is 6.01 Å². The summed E-state index contributed by atoms with van der Waals surface area (Å²) in [5.41, 5.74) is 1.82. The number of ether oxygens (including phenoxy) is 1. The molecular weight excluding hydrogens is 188 g/mol. The first-order chi connectivity index (χ1) is 6.13. The van der Waals surface area contributed by atoms with Gasteiger partial charge < -0.3 is 4.74 Å². The molecule has 3 nitrogen and oxygen atoms in total. The van der Waals surface area contributed by atoms with Crippen molar-refractivity contribution in [1.29, 1.82) is 0 Å². The second kappa shape index (κ2) is 4.42. The molecule has 0 radical (unpaired) electrons. The summed E-state index contributed by atoms with van der Waals surface area (Å²) in [4.78, 5) is 8.20. The number of rotatable bonds is 3. The number of hydrogen-bond acceptors (Lipinski definition) is 3. The van der Waals surface area contributed by atoms with Crippen LogP contribution in [0.5, 0.6) is 6.01 Å². The van der Waals surface area contributed by atoms with Crippen LogP contribution in [-0.2, 0) is 5.88 Å². The van der Waals surface area contributed by atoms with E-state index in [1.807, 2.05) is 20.8 Å². The number of alkyl halides is 1. The van der Waals surface area contributed by atoms with Gasteiger partial charge in [0.25, 0.3) is 0 Å². The van der Waals surface area contributed by atoms with E-state index in [-0.39, 0.29) is 6.10 Å². The molecule has 0 spiro atoms. The van der Waals surface area contributed by atoms with Crippen molar-refractivity contribution in [2.45, 2.75) is 32.8 Å². The van der Waals surface area contributed by atoms with E-state index in [9.17, 15) is 0 Å². The van der Waals surface area contributed by atoms with E-state index in [1.165, 1.54) is 0 Å². The van der Waals surface area contributed by atoms with Crippen molar-refractivity contribution in [1.82, 2.24) is 9.97 Å². The molecule has 1 rings (SSSR count). The average Bonchev–Trinajstić information content (AvgIpc) is 2.03. The summed E-state index contributed by atoms with van der Waals surface area (Å²) in [5.74, 6) is 0.438. The molecule has 0 saturated carbocycles. The fourth-order valence-corrected chi connectivity index (χ4v) is 1.13. The normalized spacial score (nSPS) is 10.5. The quantitative estimate of drug-likeness (QED) is 0.703. The van der Waals surface area contributed by atoms with Crippen LogP contribution in [0.2, 0.25) is 0 Å². The molecule has 1 heterocycles. The summed E-state index contributed by atoms with van der Waals surface area (Å²) in [6, 6.07) is 0.418. The minimum Gasteiger partial charge on any atom is -0.461 e. The fourth-order valence-electron chi connectivity index (χ4n) is 0.869. The van der Waals surface area contributed by atoms with Crippen LogP contribution < -0.4 is 4.74 Å². The summed E-state index contributed by atoms with van der Waals surface area (Å²) in [6.45, 7) is 5.77. The molecule has 4 heteroatoms. The highest BCUT2D eigenvalue weighted by atomic mass is 35.5. The van der Waals surface area contributed by atoms with Crippen molar-refractivity contribution in [3.05, 3.63) is 17.5 Å². The molecular formula is C9H13ClN2O. The molecule has 0 aliphatic heterocycles. The number of nitrogens with zero attached hydrogens (tertiary/aromatic N) is 2. The van der Waals surface area contributed by atoms with Crippen molar-refractivity contribution in [3.8, 4) is 6.01 Å². The molecule has 0 fully saturated rings. The van der Waals surface area contributed by atoms with Gasteiger partial charge in [0.15, 0.2) is 0 Å². The topological polar surface area (TPSA) is 35.0 Å². The predicted octanol–water partition coefficient (Wildman–Crippen LogP) is 2.31. The van der Waals surface area contributed by atoms with Crippen LogP contribution in [0.1, 0.15) is 25.1 Å². The van der Waals surface area contributed by atoms with Gasteiger partial charge in [-0.1, -0.05) is 0 Å². The standard InChI is InChI=1S/C9H13ClN2O/c1-6(2)13-9-11-5-8(4-10)7(3)12-9/h5-6H,4H2,1-3H3. The van der Waals surface area contributed by atoms with Gasteiger partial charge in [-0.25, -0.2) is 9.97 Å². The number of aryl methyl sites for hydroxylation is 1. The van der Waals surface area contributed by atoms with Gasteiger partial charge in [0.05, 0.1) is 12.0 Å². The summed E-state index contributed by atoms with van der Waals surface area (Å²) in [6.07, 6.45) is 1.80. The molecule has 0 saturated heterocycles. The largest absolute Gasteiger partial charge is 0.461 e. The highest BCUT2D eigenvalue weighted by molar-refractivity contribution is 6.17.